The van der Waals surface area contributed by atoms with Crippen LogP contribution in [0, 0.1) is 13.8 Å². The van der Waals surface area contributed by atoms with Gasteiger partial charge in [0.15, 0.2) is 0 Å². The van der Waals surface area contributed by atoms with Gasteiger partial charge in [0, 0.05) is 13.0 Å². The van der Waals surface area contributed by atoms with Gasteiger partial charge in [-0.15, -0.1) is 0 Å². The minimum Gasteiger partial charge on any atom is -0.497 e. The van der Waals surface area contributed by atoms with Gasteiger partial charge in [-0.2, -0.15) is 0 Å². The second-order valence-electron chi connectivity index (χ2n) is 6.95. The number of amides is 1. The molecule has 1 fully saturated rings. The van der Waals surface area contributed by atoms with Gasteiger partial charge >= 0.3 is 0 Å². The summed E-state index contributed by atoms with van der Waals surface area (Å²) in [5, 5.41) is 0. The molecule has 3 heteroatoms. The van der Waals surface area contributed by atoms with Gasteiger partial charge in [0.1, 0.15) is 5.75 Å². The van der Waals surface area contributed by atoms with E-state index in [-0.39, 0.29) is 11.9 Å². The summed E-state index contributed by atoms with van der Waals surface area (Å²) in [5.74, 6) is 1.12. The molecule has 1 aliphatic heterocycles. The maximum Gasteiger partial charge on any atom is 0.223 e. The number of methoxy groups -OCH3 is 1. The van der Waals surface area contributed by atoms with Crippen molar-refractivity contribution in [2.45, 2.75) is 45.6 Å². The molecule has 0 aromatic heterocycles. The molecular weight excluding hydrogens is 310 g/mol. The Labute approximate surface area is 150 Å². The third-order valence-corrected chi connectivity index (χ3v) is 5.18. The molecule has 0 N–H and O–H groups in total. The van der Waals surface area contributed by atoms with E-state index in [1.165, 1.54) is 22.3 Å². The van der Waals surface area contributed by atoms with Crippen LogP contribution in [0.15, 0.2) is 42.5 Å². The topological polar surface area (TPSA) is 29.5 Å². The number of hydrogen-bond acceptors (Lipinski definition) is 2. The monoisotopic (exact) mass is 337 g/mol. The van der Waals surface area contributed by atoms with Crippen molar-refractivity contribution in [2.24, 2.45) is 0 Å². The fourth-order valence-corrected chi connectivity index (χ4v) is 3.75. The Balaban J connectivity index is 1.65. The van der Waals surface area contributed by atoms with Crippen molar-refractivity contribution in [3.8, 4) is 5.75 Å². The van der Waals surface area contributed by atoms with Gasteiger partial charge in [-0.3, -0.25) is 4.79 Å². The van der Waals surface area contributed by atoms with Crippen LogP contribution in [-0.2, 0) is 11.2 Å². The normalized spacial score (nSPS) is 16.9. The lowest BCUT2D eigenvalue weighted by atomic mass is 10.0. The number of aryl methyl sites for hydroxylation is 3. The first-order chi connectivity index (χ1) is 12.1. The van der Waals surface area contributed by atoms with E-state index in [0.29, 0.717) is 6.42 Å². The largest absolute Gasteiger partial charge is 0.497 e. The van der Waals surface area contributed by atoms with Crippen LogP contribution in [0.25, 0.3) is 0 Å². The van der Waals surface area contributed by atoms with Crippen LogP contribution in [-0.4, -0.2) is 24.5 Å². The second-order valence-corrected chi connectivity index (χ2v) is 6.95. The molecule has 3 nitrogen and oxygen atoms in total. The average Bonchev–Trinajstić information content (AvgIpc) is 3.10. The second kappa shape index (κ2) is 7.73. The first-order valence-electron chi connectivity index (χ1n) is 9.08. The molecule has 1 unspecified atom stereocenters. The highest BCUT2D eigenvalue weighted by molar-refractivity contribution is 5.77. The van der Waals surface area contributed by atoms with Gasteiger partial charge in [-0.25, -0.2) is 0 Å². The minimum absolute atomic E-state index is 0.206. The van der Waals surface area contributed by atoms with Gasteiger partial charge in [-0.05, 0) is 61.9 Å². The Morgan fingerprint density at radius 2 is 1.92 bits per heavy atom. The molecule has 1 atom stereocenters. The molecule has 0 bridgehead atoms. The highest BCUT2D eigenvalue weighted by Crippen LogP contribution is 2.33. The zero-order valence-electron chi connectivity index (χ0n) is 15.4. The van der Waals surface area contributed by atoms with Crippen molar-refractivity contribution in [3.63, 3.8) is 0 Å². The van der Waals surface area contributed by atoms with E-state index < -0.39 is 0 Å². The maximum absolute atomic E-state index is 12.8. The highest BCUT2D eigenvalue weighted by Gasteiger charge is 2.29. The number of carbonyl (C=O) groups is 1. The maximum atomic E-state index is 12.8. The summed E-state index contributed by atoms with van der Waals surface area (Å²) >= 11 is 0. The van der Waals surface area contributed by atoms with E-state index in [9.17, 15) is 4.79 Å². The van der Waals surface area contributed by atoms with Crippen LogP contribution < -0.4 is 4.74 Å². The van der Waals surface area contributed by atoms with E-state index in [1.54, 1.807) is 7.11 Å². The summed E-state index contributed by atoms with van der Waals surface area (Å²) in [4.78, 5) is 14.9. The van der Waals surface area contributed by atoms with E-state index in [1.807, 2.05) is 12.1 Å². The number of nitrogens with zero attached hydrogens (tertiary/aromatic N) is 1. The van der Waals surface area contributed by atoms with E-state index >= 15 is 0 Å². The quantitative estimate of drug-likeness (QED) is 0.797. The van der Waals surface area contributed by atoms with E-state index in [2.05, 4.69) is 49.1 Å². The molecule has 1 saturated heterocycles. The molecule has 0 radical (unpaired) electrons. The first kappa shape index (κ1) is 17.5. The average molecular weight is 337 g/mol. The Morgan fingerprint density at radius 1 is 1.16 bits per heavy atom. The van der Waals surface area contributed by atoms with Crippen molar-refractivity contribution in [2.75, 3.05) is 13.7 Å². The number of benzene rings is 2. The molecule has 1 heterocycles. The SMILES string of the molecule is COc1ccc(C2CCCN2C(=O)CCc2ccc(C)cc2C)cc1. The predicted octanol–water partition coefficient (Wildman–Crippen LogP) is 4.61. The van der Waals surface area contributed by atoms with Crippen LogP contribution >= 0.6 is 0 Å². The Morgan fingerprint density at radius 3 is 2.60 bits per heavy atom. The van der Waals surface area contributed by atoms with Crippen LogP contribution in [0.5, 0.6) is 5.75 Å². The summed E-state index contributed by atoms with van der Waals surface area (Å²) in [6.07, 6.45) is 3.51. The summed E-state index contributed by atoms with van der Waals surface area (Å²) in [7, 11) is 1.67. The zero-order chi connectivity index (χ0) is 17.8. The van der Waals surface area contributed by atoms with Crippen molar-refractivity contribution < 1.29 is 9.53 Å². The van der Waals surface area contributed by atoms with Gasteiger partial charge in [0.25, 0.3) is 0 Å². The fourth-order valence-electron chi connectivity index (χ4n) is 3.75. The van der Waals surface area contributed by atoms with Gasteiger partial charge in [0.2, 0.25) is 5.91 Å². The van der Waals surface area contributed by atoms with Crippen molar-refractivity contribution in [1.29, 1.82) is 0 Å². The molecule has 25 heavy (non-hydrogen) atoms. The van der Waals surface area contributed by atoms with E-state index in [0.717, 1.165) is 31.6 Å². The number of carbonyl (C=O) groups excluding carboxylic acids is 1. The smallest absolute Gasteiger partial charge is 0.223 e. The van der Waals surface area contributed by atoms with Crippen LogP contribution in [0.3, 0.4) is 0 Å². The van der Waals surface area contributed by atoms with Crippen molar-refractivity contribution in [1.82, 2.24) is 4.90 Å². The molecule has 0 spiro atoms. The third kappa shape index (κ3) is 4.04. The van der Waals surface area contributed by atoms with Crippen LogP contribution in [0.2, 0.25) is 0 Å². The molecule has 132 valence electrons. The summed E-state index contributed by atoms with van der Waals surface area (Å²) in [6, 6.07) is 14.8. The molecule has 3 rings (SSSR count). The molecule has 2 aromatic carbocycles. The lowest BCUT2D eigenvalue weighted by molar-refractivity contribution is -0.132. The number of ether oxygens (including phenoxy) is 1. The van der Waals surface area contributed by atoms with E-state index in [4.69, 9.17) is 4.74 Å². The predicted molar refractivity (Wildman–Crippen MR) is 101 cm³/mol. The minimum atomic E-state index is 0.206. The summed E-state index contributed by atoms with van der Waals surface area (Å²) in [5.41, 5.74) is 5.03. The zero-order valence-corrected chi connectivity index (χ0v) is 15.4. The molecule has 1 amide bonds. The Bertz CT molecular complexity index is 736. The number of hydrogen-bond donors (Lipinski definition) is 0. The molecule has 1 aliphatic rings. The van der Waals surface area contributed by atoms with Gasteiger partial charge < -0.3 is 9.64 Å². The molecule has 2 aromatic rings. The Kier molecular flexibility index (Phi) is 5.42. The van der Waals surface area contributed by atoms with Gasteiger partial charge in [0.05, 0.1) is 13.2 Å². The van der Waals surface area contributed by atoms with Gasteiger partial charge in [-0.1, -0.05) is 35.9 Å². The van der Waals surface area contributed by atoms with Crippen molar-refractivity contribution in [3.05, 3.63) is 64.7 Å². The Hall–Kier alpha value is -2.29. The van der Waals surface area contributed by atoms with Crippen molar-refractivity contribution >= 4 is 5.91 Å². The highest BCUT2D eigenvalue weighted by atomic mass is 16.5. The number of likely N-dealkylation sites (tertiary alicyclic amines) is 1. The molecular formula is C22H27NO2. The molecule has 0 saturated carbocycles. The molecule has 0 aliphatic carbocycles. The number of rotatable bonds is 5. The first-order valence-corrected chi connectivity index (χ1v) is 9.08. The third-order valence-electron chi connectivity index (χ3n) is 5.18. The fraction of sp³-hybridized carbons (Fsp3) is 0.409. The van der Waals surface area contributed by atoms with Crippen LogP contribution in [0.1, 0.15) is 47.6 Å². The van der Waals surface area contributed by atoms with Crippen LogP contribution in [0.4, 0.5) is 0 Å². The summed E-state index contributed by atoms with van der Waals surface area (Å²) in [6.45, 7) is 5.09. The standard InChI is InChI=1S/C22H27NO2/c1-16-6-7-18(17(2)15-16)10-13-22(24)23-14-4-5-21(23)19-8-11-20(25-3)12-9-19/h6-9,11-12,15,21H,4-5,10,13-14H2,1-3H3. The lowest BCUT2D eigenvalue weighted by Gasteiger charge is -2.25. The summed E-state index contributed by atoms with van der Waals surface area (Å²) < 4.78 is 5.23. The lowest BCUT2D eigenvalue weighted by Crippen LogP contribution is -2.30.